The predicted molar refractivity (Wildman–Crippen MR) is 90.8 cm³/mol. The van der Waals surface area contributed by atoms with Crippen LogP contribution in [0.15, 0.2) is 45.9 Å². The Labute approximate surface area is 146 Å². The second kappa shape index (κ2) is 6.89. The zero-order valence-electron chi connectivity index (χ0n) is 14.1. The highest BCUT2D eigenvalue weighted by Gasteiger charge is 2.24. The Morgan fingerprint density at radius 2 is 1.88 bits per heavy atom. The number of ether oxygens (including phenoxy) is 1. The van der Waals surface area contributed by atoms with Crippen molar-refractivity contribution in [2.45, 2.75) is 30.6 Å². The number of carbonyl (C=O) groups excluding carboxylic acids is 1. The Balaban J connectivity index is 1.58. The molecule has 25 heavy (non-hydrogen) atoms. The highest BCUT2D eigenvalue weighted by Crippen LogP contribution is 2.21. The van der Waals surface area contributed by atoms with Gasteiger partial charge in [0.25, 0.3) is 15.9 Å². The van der Waals surface area contributed by atoms with E-state index >= 15 is 0 Å². The van der Waals surface area contributed by atoms with Gasteiger partial charge in [0.1, 0.15) is 18.1 Å². The van der Waals surface area contributed by atoms with Crippen molar-refractivity contribution >= 4 is 15.9 Å². The normalized spacial score (nSPS) is 14.5. The van der Waals surface area contributed by atoms with E-state index in [-0.39, 0.29) is 17.6 Å². The summed E-state index contributed by atoms with van der Waals surface area (Å²) in [5.74, 6) is 0.881. The molecule has 0 atom stereocenters. The van der Waals surface area contributed by atoms with E-state index in [0.717, 1.165) is 17.1 Å². The van der Waals surface area contributed by atoms with Crippen LogP contribution in [0.2, 0.25) is 0 Å². The third-order valence-electron chi connectivity index (χ3n) is 3.78. The lowest BCUT2D eigenvalue weighted by Crippen LogP contribution is -2.25. The standard InChI is InChI=1S/C17H20N2O5S/c1-19(2)25(21,22)16-10-9-15(24-16)11-23-14-7-3-12(4-8-14)17(20)18-13-5-6-13/h3-4,7-10,13H,5-6,11H2,1-2H3,(H,18,20). The van der Waals surface area contributed by atoms with Crippen LogP contribution in [0.25, 0.3) is 0 Å². The van der Waals surface area contributed by atoms with Crippen LogP contribution < -0.4 is 10.1 Å². The van der Waals surface area contributed by atoms with Gasteiger partial charge in [0.2, 0.25) is 5.09 Å². The molecule has 7 nitrogen and oxygen atoms in total. The molecule has 0 aliphatic heterocycles. The SMILES string of the molecule is CN(C)S(=O)(=O)c1ccc(COc2ccc(C(=O)NC3CC3)cc2)o1. The van der Waals surface area contributed by atoms with Gasteiger partial charge in [-0.2, -0.15) is 0 Å². The molecule has 1 fully saturated rings. The molecule has 0 radical (unpaired) electrons. The molecule has 0 unspecified atom stereocenters. The minimum atomic E-state index is -3.59. The Morgan fingerprint density at radius 3 is 2.48 bits per heavy atom. The summed E-state index contributed by atoms with van der Waals surface area (Å²) in [5, 5.41) is 2.80. The molecule has 1 amide bonds. The highest BCUT2D eigenvalue weighted by atomic mass is 32.2. The van der Waals surface area contributed by atoms with Crippen molar-refractivity contribution in [1.29, 1.82) is 0 Å². The van der Waals surface area contributed by atoms with E-state index in [1.165, 1.54) is 20.2 Å². The van der Waals surface area contributed by atoms with Crippen LogP contribution in [0.3, 0.4) is 0 Å². The number of nitrogens with one attached hydrogen (secondary N) is 1. The molecule has 1 N–H and O–H groups in total. The molecule has 1 aromatic heterocycles. The quantitative estimate of drug-likeness (QED) is 0.812. The molecule has 3 rings (SSSR count). The molecular weight excluding hydrogens is 344 g/mol. The molecule has 0 spiro atoms. The third kappa shape index (κ3) is 4.21. The topological polar surface area (TPSA) is 88.8 Å². The average molecular weight is 364 g/mol. The maximum absolute atomic E-state index is 12.0. The fraction of sp³-hybridized carbons (Fsp3) is 0.353. The number of carbonyl (C=O) groups is 1. The van der Waals surface area contributed by atoms with Gasteiger partial charge in [-0.3, -0.25) is 4.79 Å². The van der Waals surface area contributed by atoms with Crippen molar-refractivity contribution in [1.82, 2.24) is 9.62 Å². The molecule has 2 aromatic rings. The molecule has 0 bridgehead atoms. The van der Waals surface area contributed by atoms with Gasteiger partial charge >= 0.3 is 0 Å². The van der Waals surface area contributed by atoms with Gasteiger partial charge in [-0.05, 0) is 49.2 Å². The maximum atomic E-state index is 12.0. The largest absolute Gasteiger partial charge is 0.486 e. The number of sulfonamides is 1. The fourth-order valence-corrected chi connectivity index (χ4v) is 2.92. The summed E-state index contributed by atoms with van der Waals surface area (Å²) < 4.78 is 35.9. The molecule has 1 aromatic carbocycles. The van der Waals surface area contributed by atoms with Crippen LogP contribution in [-0.4, -0.2) is 38.8 Å². The second-order valence-electron chi connectivity index (χ2n) is 6.07. The first-order chi connectivity index (χ1) is 11.9. The summed E-state index contributed by atoms with van der Waals surface area (Å²) in [6, 6.07) is 10.1. The fourth-order valence-electron chi connectivity index (χ4n) is 2.11. The predicted octanol–water partition coefficient (Wildman–Crippen LogP) is 2.00. The third-order valence-corrected chi connectivity index (χ3v) is 5.47. The van der Waals surface area contributed by atoms with Gasteiger partial charge in [0.15, 0.2) is 0 Å². The maximum Gasteiger partial charge on any atom is 0.275 e. The van der Waals surface area contributed by atoms with Crippen molar-refractivity contribution in [3.8, 4) is 5.75 Å². The summed E-state index contributed by atoms with van der Waals surface area (Å²) in [5.41, 5.74) is 0.580. The molecule has 1 heterocycles. The Morgan fingerprint density at radius 1 is 1.20 bits per heavy atom. The van der Waals surface area contributed by atoms with Gasteiger partial charge in [0, 0.05) is 25.7 Å². The monoisotopic (exact) mass is 364 g/mol. The summed E-state index contributed by atoms with van der Waals surface area (Å²) >= 11 is 0. The number of amides is 1. The van der Waals surface area contributed by atoms with Crippen LogP contribution in [0.1, 0.15) is 29.0 Å². The zero-order chi connectivity index (χ0) is 18.0. The number of furan rings is 1. The van der Waals surface area contributed by atoms with Crippen LogP contribution in [0, 0.1) is 0 Å². The van der Waals surface area contributed by atoms with Crippen LogP contribution in [-0.2, 0) is 16.6 Å². The number of hydrogen-bond acceptors (Lipinski definition) is 5. The van der Waals surface area contributed by atoms with E-state index in [0.29, 0.717) is 23.1 Å². The molecule has 0 saturated heterocycles. The van der Waals surface area contributed by atoms with Crippen molar-refractivity contribution in [2.75, 3.05) is 14.1 Å². The lowest BCUT2D eigenvalue weighted by molar-refractivity contribution is 0.0951. The summed E-state index contributed by atoms with van der Waals surface area (Å²) in [6.07, 6.45) is 2.09. The first-order valence-electron chi connectivity index (χ1n) is 7.91. The van der Waals surface area contributed by atoms with Crippen molar-refractivity contribution in [3.63, 3.8) is 0 Å². The van der Waals surface area contributed by atoms with Crippen molar-refractivity contribution < 1.29 is 22.4 Å². The second-order valence-corrected chi connectivity index (χ2v) is 8.15. The smallest absolute Gasteiger partial charge is 0.275 e. The van der Waals surface area contributed by atoms with Gasteiger partial charge in [-0.1, -0.05) is 0 Å². The lowest BCUT2D eigenvalue weighted by atomic mass is 10.2. The van der Waals surface area contributed by atoms with Crippen molar-refractivity contribution in [2.24, 2.45) is 0 Å². The van der Waals surface area contributed by atoms with E-state index in [4.69, 9.17) is 9.15 Å². The van der Waals surface area contributed by atoms with E-state index in [9.17, 15) is 13.2 Å². The number of hydrogen-bond donors (Lipinski definition) is 1. The zero-order valence-corrected chi connectivity index (χ0v) is 14.9. The summed E-state index contributed by atoms with van der Waals surface area (Å²) in [7, 11) is -0.714. The van der Waals surface area contributed by atoms with Gasteiger partial charge < -0.3 is 14.5 Å². The minimum absolute atomic E-state index is 0.0846. The summed E-state index contributed by atoms with van der Waals surface area (Å²) in [6.45, 7) is 0.0938. The van der Waals surface area contributed by atoms with Crippen LogP contribution in [0.4, 0.5) is 0 Å². The average Bonchev–Trinajstić information content (AvgIpc) is 3.26. The van der Waals surface area contributed by atoms with Crippen molar-refractivity contribution in [3.05, 3.63) is 47.7 Å². The Kier molecular flexibility index (Phi) is 4.82. The Hall–Kier alpha value is -2.32. The molecule has 8 heteroatoms. The molecular formula is C17H20N2O5S. The van der Waals surface area contributed by atoms with Crippen LogP contribution in [0.5, 0.6) is 5.75 Å². The van der Waals surface area contributed by atoms with Gasteiger partial charge in [-0.25, -0.2) is 12.7 Å². The van der Waals surface area contributed by atoms with Gasteiger partial charge in [0.05, 0.1) is 0 Å². The first-order valence-corrected chi connectivity index (χ1v) is 9.35. The van der Waals surface area contributed by atoms with Gasteiger partial charge in [-0.15, -0.1) is 0 Å². The van der Waals surface area contributed by atoms with E-state index < -0.39 is 10.0 Å². The lowest BCUT2D eigenvalue weighted by Gasteiger charge is -2.08. The molecule has 1 aliphatic rings. The van der Waals surface area contributed by atoms with E-state index in [2.05, 4.69) is 5.32 Å². The highest BCUT2D eigenvalue weighted by molar-refractivity contribution is 7.88. The minimum Gasteiger partial charge on any atom is -0.486 e. The first kappa shape index (κ1) is 17.5. The summed E-state index contributed by atoms with van der Waals surface area (Å²) in [4.78, 5) is 11.9. The van der Waals surface area contributed by atoms with Crippen LogP contribution >= 0.6 is 0 Å². The molecule has 1 saturated carbocycles. The van der Waals surface area contributed by atoms with E-state index in [1.54, 1.807) is 30.3 Å². The number of nitrogens with zero attached hydrogens (tertiary/aromatic N) is 1. The number of benzene rings is 1. The number of rotatable bonds is 7. The Bertz CT molecular complexity index is 851. The molecule has 134 valence electrons. The van der Waals surface area contributed by atoms with E-state index in [1.807, 2.05) is 0 Å². The molecule has 1 aliphatic carbocycles.